The molecule has 0 unspecified atom stereocenters. The Kier molecular flexibility index (Phi) is 6.69. The summed E-state index contributed by atoms with van der Waals surface area (Å²) in [6.07, 6.45) is -0.963. The number of phenols is 1. The first-order valence-corrected chi connectivity index (χ1v) is 6.48. The second-order valence-corrected chi connectivity index (χ2v) is 4.29. The molecule has 5 nitrogen and oxygen atoms in total. The van der Waals surface area contributed by atoms with Crippen molar-refractivity contribution < 1.29 is 24.5 Å². The lowest BCUT2D eigenvalue weighted by molar-refractivity contribution is -0.141. The lowest BCUT2D eigenvalue weighted by Crippen LogP contribution is -2.23. The molecule has 1 rings (SSSR count). The Morgan fingerprint density at radius 3 is 2.53 bits per heavy atom. The molecule has 2 N–H and O–H groups in total. The summed E-state index contributed by atoms with van der Waals surface area (Å²) in [4.78, 5) is 10.9. The average molecular weight is 286 g/mol. The van der Waals surface area contributed by atoms with E-state index in [1.807, 2.05) is 0 Å². The Morgan fingerprint density at radius 1 is 1.37 bits per heavy atom. The van der Waals surface area contributed by atoms with E-state index in [-0.39, 0.29) is 18.1 Å². The van der Waals surface area contributed by atoms with Crippen LogP contribution in [0.2, 0.25) is 0 Å². The SMILES string of the molecule is CO[C@H](CCOC(=O)CS)[C@H](O)c1ccc(O)cc1. The van der Waals surface area contributed by atoms with E-state index < -0.39 is 18.2 Å². The minimum absolute atomic E-state index is 0.0260. The zero-order chi connectivity index (χ0) is 14.3. The summed E-state index contributed by atoms with van der Waals surface area (Å²) < 4.78 is 10.1. The van der Waals surface area contributed by atoms with Gasteiger partial charge in [-0.15, -0.1) is 0 Å². The van der Waals surface area contributed by atoms with E-state index >= 15 is 0 Å². The predicted molar refractivity (Wildman–Crippen MR) is 73.3 cm³/mol. The molecule has 0 heterocycles. The number of carbonyl (C=O) groups is 1. The van der Waals surface area contributed by atoms with Gasteiger partial charge in [-0.3, -0.25) is 4.79 Å². The first-order chi connectivity index (χ1) is 9.08. The van der Waals surface area contributed by atoms with E-state index in [0.29, 0.717) is 12.0 Å². The second kappa shape index (κ2) is 8.04. The molecule has 1 aromatic rings. The second-order valence-electron chi connectivity index (χ2n) is 3.98. The summed E-state index contributed by atoms with van der Waals surface area (Å²) in [5, 5.41) is 19.3. The summed E-state index contributed by atoms with van der Waals surface area (Å²) in [5.74, 6) is -0.247. The number of aliphatic hydroxyl groups is 1. The van der Waals surface area contributed by atoms with E-state index in [2.05, 4.69) is 12.6 Å². The molecule has 0 saturated carbocycles. The summed E-state index contributed by atoms with van der Waals surface area (Å²) in [6.45, 7) is 0.160. The molecular weight excluding hydrogens is 268 g/mol. The molecule has 0 aliphatic carbocycles. The highest BCUT2D eigenvalue weighted by molar-refractivity contribution is 7.81. The van der Waals surface area contributed by atoms with Crippen molar-refractivity contribution in [2.75, 3.05) is 19.5 Å². The fourth-order valence-corrected chi connectivity index (χ4v) is 1.72. The Bertz CT molecular complexity index is 393. The third kappa shape index (κ3) is 5.10. The number of rotatable bonds is 7. The smallest absolute Gasteiger partial charge is 0.315 e. The van der Waals surface area contributed by atoms with Crippen LogP contribution in [0.15, 0.2) is 24.3 Å². The molecule has 0 aromatic heterocycles. The number of carbonyl (C=O) groups excluding carboxylic acids is 1. The number of methoxy groups -OCH3 is 1. The quantitative estimate of drug-likeness (QED) is 0.520. The molecule has 106 valence electrons. The van der Waals surface area contributed by atoms with E-state index in [0.717, 1.165) is 0 Å². The van der Waals surface area contributed by atoms with E-state index in [1.54, 1.807) is 12.1 Å². The minimum atomic E-state index is -0.847. The molecule has 2 atom stereocenters. The van der Waals surface area contributed by atoms with Crippen LogP contribution in [0, 0.1) is 0 Å². The van der Waals surface area contributed by atoms with Crippen LogP contribution >= 0.6 is 12.6 Å². The van der Waals surface area contributed by atoms with Crippen molar-refractivity contribution in [3.05, 3.63) is 29.8 Å². The standard InChI is InChI=1S/C13H18O5S/c1-17-11(6-7-18-12(15)8-19)13(16)9-2-4-10(14)5-3-9/h2-5,11,13-14,16,19H,6-8H2,1H3/t11-,13-/m1/s1. The summed E-state index contributed by atoms with van der Waals surface area (Å²) in [5.41, 5.74) is 0.630. The first-order valence-electron chi connectivity index (χ1n) is 5.84. The average Bonchev–Trinajstić information content (AvgIpc) is 2.43. The van der Waals surface area contributed by atoms with Crippen molar-refractivity contribution in [3.8, 4) is 5.75 Å². The highest BCUT2D eigenvalue weighted by Gasteiger charge is 2.20. The number of aromatic hydroxyl groups is 1. The number of thiol groups is 1. The maximum Gasteiger partial charge on any atom is 0.315 e. The predicted octanol–water partition coefficient (Wildman–Crippen LogP) is 1.30. The number of hydrogen-bond acceptors (Lipinski definition) is 6. The summed E-state index contributed by atoms with van der Waals surface area (Å²) in [6, 6.07) is 6.22. The molecule has 0 spiro atoms. The van der Waals surface area contributed by atoms with Crippen molar-refractivity contribution in [1.29, 1.82) is 0 Å². The molecule has 0 radical (unpaired) electrons. The number of phenolic OH excluding ortho intramolecular Hbond substituents is 1. The Labute approximate surface area is 117 Å². The third-order valence-corrected chi connectivity index (χ3v) is 2.94. The van der Waals surface area contributed by atoms with Gasteiger partial charge in [-0.2, -0.15) is 12.6 Å². The maximum absolute atomic E-state index is 10.9. The lowest BCUT2D eigenvalue weighted by Gasteiger charge is -2.21. The largest absolute Gasteiger partial charge is 0.508 e. The number of ether oxygens (including phenoxy) is 2. The Hall–Kier alpha value is -1.24. The van der Waals surface area contributed by atoms with Crippen LogP contribution < -0.4 is 0 Å². The fraction of sp³-hybridized carbons (Fsp3) is 0.462. The van der Waals surface area contributed by atoms with Gasteiger partial charge in [-0.1, -0.05) is 12.1 Å². The number of aliphatic hydroxyl groups excluding tert-OH is 1. The van der Waals surface area contributed by atoms with Gasteiger partial charge in [-0.25, -0.2) is 0 Å². The number of benzene rings is 1. The molecule has 1 aromatic carbocycles. The fourth-order valence-electron chi connectivity index (χ4n) is 1.63. The lowest BCUT2D eigenvalue weighted by atomic mass is 10.0. The molecule has 0 aliphatic heterocycles. The topological polar surface area (TPSA) is 76.0 Å². The van der Waals surface area contributed by atoms with Gasteiger partial charge in [-0.05, 0) is 17.7 Å². The third-order valence-electron chi connectivity index (χ3n) is 2.68. The van der Waals surface area contributed by atoms with Crippen LogP contribution in [0.3, 0.4) is 0 Å². The van der Waals surface area contributed by atoms with Crippen molar-refractivity contribution in [1.82, 2.24) is 0 Å². The first kappa shape index (κ1) is 15.8. The number of hydrogen-bond donors (Lipinski definition) is 3. The van der Waals surface area contributed by atoms with Gasteiger partial charge < -0.3 is 19.7 Å². The normalized spacial score (nSPS) is 13.8. The van der Waals surface area contributed by atoms with Crippen molar-refractivity contribution in [3.63, 3.8) is 0 Å². The summed E-state index contributed by atoms with van der Waals surface area (Å²) in [7, 11) is 1.48. The molecule has 0 fully saturated rings. The van der Waals surface area contributed by atoms with E-state index in [4.69, 9.17) is 9.47 Å². The Balaban J connectivity index is 2.53. The van der Waals surface area contributed by atoms with Crippen molar-refractivity contribution in [2.24, 2.45) is 0 Å². The molecular formula is C13H18O5S. The van der Waals surface area contributed by atoms with E-state index in [9.17, 15) is 15.0 Å². The Morgan fingerprint density at radius 2 is 2.00 bits per heavy atom. The highest BCUT2D eigenvalue weighted by Crippen LogP contribution is 2.23. The monoisotopic (exact) mass is 286 g/mol. The molecule has 0 bridgehead atoms. The molecule has 6 heteroatoms. The van der Waals surface area contributed by atoms with Crippen LogP contribution in [0.25, 0.3) is 0 Å². The van der Waals surface area contributed by atoms with Crippen LogP contribution in [0.5, 0.6) is 5.75 Å². The van der Waals surface area contributed by atoms with Gasteiger partial charge >= 0.3 is 5.97 Å². The van der Waals surface area contributed by atoms with Gasteiger partial charge in [0.05, 0.1) is 18.5 Å². The van der Waals surface area contributed by atoms with Gasteiger partial charge in [0.1, 0.15) is 11.9 Å². The molecule has 19 heavy (non-hydrogen) atoms. The zero-order valence-electron chi connectivity index (χ0n) is 10.7. The minimum Gasteiger partial charge on any atom is -0.508 e. The van der Waals surface area contributed by atoms with Crippen molar-refractivity contribution in [2.45, 2.75) is 18.6 Å². The van der Waals surface area contributed by atoms with Crippen molar-refractivity contribution >= 4 is 18.6 Å². The van der Waals surface area contributed by atoms with Crippen LogP contribution in [0.1, 0.15) is 18.1 Å². The molecule has 0 aliphatic rings. The van der Waals surface area contributed by atoms with Gasteiger partial charge in [0.15, 0.2) is 0 Å². The molecule has 0 amide bonds. The van der Waals surface area contributed by atoms with Gasteiger partial charge in [0, 0.05) is 13.5 Å². The van der Waals surface area contributed by atoms with Crippen LogP contribution in [0.4, 0.5) is 0 Å². The van der Waals surface area contributed by atoms with Crippen LogP contribution in [-0.4, -0.2) is 41.8 Å². The highest BCUT2D eigenvalue weighted by atomic mass is 32.1. The van der Waals surface area contributed by atoms with E-state index in [1.165, 1.54) is 19.2 Å². The van der Waals surface area contributed by atoms with Crippen LogP contribution in [-0.2, 0) is 14.3 Å². The van der Waals surface area contributed by atoms with Gasteiger partial charge in [0.2, 0.25) is 0 Å². The summed E-state index contributed by atoms with van der Waals surface area (Å²) >= 11 is 3.79. The maximum atomic E-state index is 10.9. The zero-order valence-corrected chi connectivity index (χ0v) is 11.5. The van der Waals surface area contributed by atoms with Gasteiger partial charge in [0.25, 0.3) is 0 Å². The number of esters is 1. The molecule has 0 saturated heterocycles.